The fourth-order valence-electron chi connectivity index (χ4n) is 3.49. The van der Waals surface area contributed by atoms with Gasteiger partial charge in [0.2, 0.25) is 5.95 Å². The zero-order chi connectivity index (χ0) is 22.1. The lowest BCUT2D eigenvalue weighted by Gasteiger charge is -2.14. The van der Waals surface area contributed by atoms with Gasteiger partial charge in [-0.25, -0.2) is 0 Å². The molecule has 4 aromatic rings. The molecular weight excluding hydrogens is 394 g/mol. The smallest absolute Gasteiger partial charge is 0.234 e. The van der Waals surface area contributed by atoms with Crippen LogP contribution in [0.25, 0.3) is 22.3 Å². The first-order valence-electron chi connectivity index (χ1n) is 9.37. The molecule has 31 heavy (non-hydrogen) atoms. The van der Waals surface area contributed by atoms with Gasteiger partial charge in [0.1, 0.15) is 5.75 Å². The van der Waals surface area contributed by atoms with E-state index in [9.17, 15) is 5.11 Å². The van der Waals surface area contributed by atoms with Gasteiger partial charge in [-0.15, -0.1) is 10.2 Å². The van der Waals surface area contributed by atoms with Gasteiger partial charge in [0.25, 0.3) is 0 Å². The summed E-state index contributed by atoms with van der Waals surface area (Å²) in [5, 5.41) is 38.9. The molecule has 3 N–H and O–H groups in total. The van der Waals surface area contributed by atoms with E-state index in [0.717, 1.165) is 0 Å². The predicted molar refractivity (Wildman–Crippen MR) is 118 cm³/mol. The first-order valence-corrected chi connectivity index (χ1v) is 9.37. The number of nitrogens with one attached hydrogen (secondary N) is 2. The normalized spacial score (nSPS) is 11.8. The fraction of sp³-hybridized carbons (Fsp3) is 0.136. The number of benzene rings is 2. The number of hydrogen-bond donors (Lipinski definition) is 3. The van der Waals surface area contributed by atoms with Crippen LogP contribution in [0.5, 0.6) is 5.75 Å². The first kappa shape index (κ1) is 19.8. The number of hydrogen-bond acceptors (Lipinski definition) is 8. The summed E-state index contributed by atoms with van der Waals surface area (Å²) < 4.78 is 7.36. The van der Waals surface area contributed by atoms with Crippen molar-refractivity contribution < 1.29 is 9.84 Å². The minimum absolute atomic E-state index is 0.0234. The van der Waals surface area contributed by atoms with E-state index in [1.54, 1.807) is 47.9 Å². The molecule has 0 saturated heterocycles. The summed E-state index contributed by atoms with van der Waals surface area (Å²) in [6.07, 6.45) is 1.59. The van der Waals surface area contributed by atoms with Crippen molar-refractivity contribution in [2.45, 2.75) is 13.8 Å². The number of fused-ring (bicyclic) bond motifs is 3. The molecule has 0 aliphatic heterocycles. The maximum Gasteiger partial charge on any atom is 0.234 e. The topological polar surface area (TPSA) is 132 Å². The van der Waals surface area contributed by atoms with Gasteiger partial charge >= 0.3 is 0 Å². The van der Waals surface area contributed by atoms with Gasteiger partial charge < -0.3 is 20.6 Å². The molecular formula is C22H19N7O2. The molecule has 0 radical (unpaired) electrons. The standard InChI is InChI=1S/C22H19N7O2/c1-12(24)21(13(2)30)16-8-17-18(9-19(16)31-3)29-20(11-25-17)27-28-22(29)26-15-6-4-5-14(7-15)10-23/h4-9,11,24,30H,1-3H3,(H,26,28)/b21-13+,24-12?. The van der Waals surface area contributed by atoms with Crippen molar-refractivity contribution in [2.75, 3.05) is 12.4 Å². The molecule has 0 saturated carbocycles. The van der Waals surface area contributed by atoms with Crippen LogP contribution in [-0.4, -0.2) is 37.5 Å². The zero-order valence-corrected chi connectivity index (χ0v) is 17.1. The number of allylic oxidation sites excluding steroid dienone is 2. The van der Waals surface area contributed by atoms with E-state index in [-0.39, 0.29) is 11.5 Å². The van der Waals surface area contributed by atoms with Gasteiger partial charge in [0.15, 0.2) is 5.65 Å². The third-order valence-corrected chi connectivity index (χ3v) is 4.80. The highest BCUT2D eigenvalue weighted by atomic mass is 16.5. The summed E-state index contributed by atoms with van der Waals surface area (Å²) >= 11 is 0. The van der Waals surface area contributed by atoms with Crippen molar-refractivity contribution in [2.24, 2.45) is 0 Å². The Morgan fingerprint density at radius 2 is 2.03 bits per heavy atom. The van der Waals surface area contributed by atoms with Gasteiger partial charge in [0, 0.05) is 28.6 Å². The number of aliphatic hydroxyl groups is 1. The molecule has 2 aromatic heterocycles. The van der Waals surface area contributed by atoms with Gasteiger partial charge in [0.05, 0.1) is 41.7 Å². The van der Waals surface area contributed by atoms with Crippen molar-refractivity contribution >= 4 is 39.6 Å². The quantitative estimate of drug-likeness (QED) is 0.329. The van der Waals surface area contributed by atoms with E-state index >= 15 is 0 Å². The summed E-state index contributed by atoms with van der Waals surface area (Å²) in [6, 6.07) is 12.7. The lowest BCUT2D eigenvalue weighted by atomic mass is 9.99. The van der Waals surface area contributed by atoms with Crippen LogP contribution in [0, 0.1) is 16.7 Å². The molecule has 9 heteroatoms. The van der Waals surface area contributed by atoms with Crippen LogP contribution >= 0.6 is 0 Å². The number of ether oxygens (including phenoxy) is 1. The van der Waals surface area contributed by atoms with Crippen molar-refractivity contribution in [3.05, 3.63) is 59.5 Å². The number of rotatable bonds is 5. The van der Waals surface area contributed by atoms with E-state index < -0.39 is 0 Å². The molecule has 9 nitrogen and oxygen atoms in total. The van der Waals surface area contributed by atoms with Crippen molar-refractivity contribution in [3.8, 4) is 11.8 Å². The van der Waals surface area contributed by atoms with Gasteiger partial charge in [-0.05, 0) is 38.1 Å². The molecule has 0 unspecified atom stereocenters. The highest BCUT2D eigenvalue weighted by Crippen LogP contribution is 2.33. The summed E-state index contributed by atoms with van der Waals surface area (Å²) in [5.41, 5.74) is 4.20. The predicted octanol–water partition coefficient (Wildman–Crippen LogP) is 4.23. The Morgan fingerprint density at radius 1 is 1.23 bits per heavy atom. The van der Waals surface area contributed by atoms with Crippen LogP contribution in [0.4, 0.5) is 11.6 Å². The van der Waals surface area contributed by atoms with E-state index in [4.69, 9.17) is 15.4 Å². The zero-order valence-electron chi connectivity index (χ0n) is 17.1. The number of methoxy groups -OCH3 is 1. The van der Waals surface area contributed by atoms with Crippen molar-refractivity contribution in [1.82, 2.24) is 19.6 Å². The number of anilines is 2. The molecule has 0 amide bonds. The van der Waals surface area contributed by atoms with Crippen LogP contribution < -0.4 is 10.1 Å². The second kappa shape index (κ2) is 7.76. The van der Waals surface area contributed by atoms with Crippen molar-refractivity contribution in [1.29, 1.82) is 10.7 Å². The Labute approximate surface area is 177 Å². The molecule has 0 bridgehead atoms. The summed E-state index contributed by atoms with van der Waals surface area (Å²) in [5.74, 6) is 0.947. The Kier molecular flexibility index (Phi) is 4.97. The van der Waals surface area contributed by atoms with Crippen LogP contribution in [0.15, 0.2) is 48.4 Å². The Bertz CT molecular complexity index is 1410. The summed E-state index contributed by atoms with van der Waals surface area (Å²) in [4.78, 5) is 4.47. The molecule has 0 fully saturated rings. The molecule has 4 rings (SSSR count). The molecule has 2 heterocycles. The number of nitriles is 1. The minimum Gasteiger partial charge on any atom is -0.512 e. The van der Waals surface area contributed by atoms with Crippen LogP contribution in [-0.2, 0) is 0 Å². The maximum atomic E-state index is 10.1. The number of aliphatic hydroxyl groups excluding tert-OH is 1. The average Bonchev–Trinajstić information content (AvgIpc) is 3.16. The third kappa shape index (κ3) is 3.51. The first-order chi connectivity index (χ1) is 14.9. The third-order valence-electron chi connectivity index (χ3n) is 4.80. The molecule has 0 spiro atoms. The summed E-state index contributed by atoms with van der Waals surface area (Å²) in [6.45, 7) is 3.14. The lowest BCUT2D eigenvalue weighted by molar-refractivity contribution is 0.409. The Morgan fingerprint density at radius 3 is 2.71 bits per heavy atom. The SMILES string of the molecule is COc1cc2c(cc1/C(C(C)=N)=C(\C)O)ncc1nnc(Nc3cccc(C#N)c3)n12. The number of nitrogens with zero attached hydrogens (tertiary/aromatic N) is 5. The van der Waals surface area contributed by atoms with Gasteiger partial charge in [-0.1, -0.05) is 6.07 Å². The largest absolute Gasteiger partial charge is 0.512 e. The maximum absolute atomic E-state index is 10.1. The summed E-state index contributed by atoms with van der Waals surface area (Å²) in [7, 11) is 1.53. The fourth-order valence-corrected chi connectivity index (χ4v) is 3.49. The molecule has 0 atom stereocenters. The average molecular weight is 413 g/mol. The minimum atomic E-state index is 0.0234. The highest BCUT2D eigenvalue weighted by molar-refractivity contribution is 6.22. The second-order valence-electron chi connectivity index (χ2n) is 6.92. The molecule has 0 aliphatic rings. The van der Waals surface area contributed by atoms with E-state index in [1.165, 1.54) is 14.0 Å². The van der Waals surface area contributed by atoms with Crippen LogP contribution in [0.3, 0.4) is 0 Å². The second-order valence-corrected chi connectivity index (χ2v) is 6.92. The monoisotopic (exact) mass is 413 g/mol. The van der Waals surface area contributed by atoms with Gasteiger partial charge in [-0.3, -0.25) is 9.38 Å². The molecule has 0 aliphatic carbocycles. The van der Waals surface area contributed by atoms with Crippen LogP contribution in [0.1, 0.15) is 25.0 Å². The highest BCUT2D eigenvalue weighted by Gasteiger charge is 2.18. The van der Waals surface area contributed by atoms with E-state index in [1.807, 2.05) is 6.07 Å². The Balaban J connectivity index is 1.93. The van der Waals surface area contributed by atoms with E-state index in [2.05, 4.69) is 26.6 Å². The van der Waals surface area contributed by atoms with E-state index in [0.29, 0.717) is 50.8 Å². The Hall–Kier alpha value is -4.45. The molecule has 154 valence electrons. The van der Waals surface area contributed by atoms with Crippen LogP contribution in [0.2, 0.25) is 0 Å². The molecule has 2 aromatic carbocycles. The lowest BCUT2D eigenvalue weighted by Crippen LogP contribution is -2.04. The van der Waals surface area contributed by atoms with Gasteiger partial charge in [-0.2, -0.15) is 5.26 Å². The van der Waals surface area contributed by atoms with Crippen molar-refractivity contribution in [3.63, 3.8) is 0 Å². The number of aromatic nitrogens is 4.